The molecule has 0 unspecified atom stereocenters. The van der Waals surface area contributed by atoms with Crippen molar-refractivity contribution in [1.82, 2.24) is 0 Å². The summed E-state index contributed by atoms with van der Waals surface area (Å²) < 4.78 is 3.90. The van der Waals surface area contributed by atoms with Gasteiger partial charge in [0.05, 0.1) is 0 Å². The molecule has 0 aliphatic heterocycles. The fraction of sp³-hybridized carbons (Fsp3) is 0.875. The van der Waals surface area contributed by atoms with Crippen LogP contribution in [0.25, 0.3) is 0 Å². The van der Waals surface area contributed by atoms with Crippen LogP contribution in [0.4, 0.5) is 47.1 Å². The fourth-order valence-corrected chi connectivity index (χ4v) is 14.3. The zero-order chi connectivity index (χ0) is 36.3. The summed E-state index contributed by atoms with van der Waals surface area (Å²) in [5, 5.41) is 9.80. The number of carbonyl (C=O) groups is 1. The maximum atomic E-state index is 11.0. The minimum Gasteiger partial charge on any atom is -0.288 e. The van der Waals surface area contributed by atoms with Gasteiger partial charge in [0.25, 0.3) is 0 Å². The van der Waals surface area contributed by atoms with Gasteiger partial charge in [-0.1, -0.05) is 210 Å². The molecule has 1 N–H and O–H groups in total. The molecule has 0 aromatic heterocycles. The lowest BCUT2D eigenvalue weighted by Crippen LogP contribution is -2.15. The molecule has 0 saturated heterocycles. The van der Waals surface area contributed by atoms with Crippen molar-refractivity contribution in [2.45, 2.75) is 178 Å². The van der Waals surface area contributed by atoms with Crippen molar-refractivity contribution >= 4 is 134 Å². The molecular formula is C32H74F9NOS10. The van der Waals surface area contributed by atoms with Crippen LogP contribution in [0.5, 0.6) is 0 Å². The van der Waals surface area contributed by atoms with Gasteiger partial charge in [0.1, 0.15) is 11.4 Å². The van der Waals surface area contributed by atoms with Crippen molar-refractivity contribution < 1.29 is 47.1 Å². The second-order valence-electron chi connectivity index (χ2n) is 14.6. The fourth-order valence-electron chi connectivity index (χ4n) is 1.92. The highest BCUT2D eigenvalue weighted by Gasteiger charge is 2.20. The van der Waals surface area contributed by atoms with Crippen LogP contribution >= 0.6 is 119 Å². The molecule has 0 amide bonds. The maximum absolute atomic E-state index is 11.0. The van der Waals surface area contributed by atoms with Crippen molar-refractivity contribution in [3.8, 4) is 0 Å². The molecule has 2 nitrogen and oxygen atoms in total. The van der Waals surface area contributed by atoms with Crippen molar-refractivity contribution in [2.75, 3.05) is 0 Å². The predicted octanol–water partition coefficient (Wildman–Crippen LogP) is 16.6. The van der Waals surface area contributed by atoms with Crippen LogP contribution in [-0.4, -0.2) is 55.9 Å². The van der Waals surface area contributed by atoms with Crippen LogP contribution in [0.15, 0.2) is 0 Å². The molecule has 0 spiro atoms. The Bertz CT molecular complexity index is 720. The van der Waals surface area contributed by atoms with Crippen LogP contribution in [0.2, 0.25) is 0 Å². The Hall–Kier alpha value is 1.69. The molecule has 0 fully saturated rings. The van der Waals surface area contributed by atoms with Gasteiger partial charge in [-0.3, -0.25) is 52.5 Å². The van der Waals surface area contributed by atoms with Crippen molar-refractivity contribution in [3.05, 3.63) is 0 Å². The predicted molar refractivity (Wildman–Crippen MR) is 261 cm³/mol. The van der Waals surface area contributed by atoms with E-state index in [0.29, 0.717) is 21.0 Å². The van der Waals surface area contributed by atoms with Crippen LogP contribution in [-0.2, 0) is 0 Å². The monoisotopic (exact) mass is 979 g/mol. The Morgan fingerprint density at radius 3 is 0.736 bits per heavy atom. The van der Waals surface area contributed by atoms with E-state index in [0.717, 1.165) is 11.4 Å². The Kier molecular flexibility index (Phi) is 76.6. The zero-order valence-corrected chi connectivity index (χ0v) is 43.1. The van der Waals surface area contributed by atoms with Gasteiger partial charge in [-0.2, -0.15) is 0 Å². The molecule has 0 saturated carbocycles. The minimum absolute atomic E-state index is 0. The number of thioether (sulfide) groups is 8. The molecular weight excluding hydrogens is 906 g/mol. The number of halogens is 9. The molecule has 21 heteroatoms. The molecule has 0 rings (SSSR count). The second-order valence-corrected chi connectivity index (χ2v) is 31.1. The van der Waals surface area contributed by atoms with E-state index in [2.05, 4.69) is 111 Å². The van der Waals surface area contributed by atoms with E-state index in [-0.39, 0.29) is 65.8 Å². The summed E-state index contributed by atoms with van der Waals surface area (Å²) >= 11 is 23.6. The first-order valence-electron chi connectivity index (χ1n) is 14.9. The Morgan fingerprint density at radius 1 is 0.396 bits per heavy atom. The largest absolute Gasteiger partial charge is 0.288 e. The molecule has 0 aromatic carbocycles. The average Bonchev–Trinajstić information content (AvgIpc) is 2.60. The lowest BCUT2D eigenvalue weighted by Gasteiger charge is -2.22. The average molecular weight is 981 g/mol. The molecule has 0 radical (unpaired) electrons. The third kappa shape index (κ3) is 101. The SMILES string of the molecule is CC(C)(C)SC(=N)SC(C)(C)C.CC(C)(C)SC(=S)SC(C)(C)C.CC(C)SC(=O)SC(C)C.CC(C)SC(=S)SC(C)C.F.F.F.F.F.F.F.F.F. The van der Waals surface area contributed by atoms with Crippen molar-refractivity contribution in [1.29, 1.82) is 5.41 Å². The van der Waals surface area contributed by atoms with E-state index < -0.39 is 0 Å². The number of thiocarbonyl (C=S) groups is 2. The van der Waals surface area contributed by atoms with Crippen LogP contribution < -0.4 is 0 Å². The molecule has 0 aliphatic rings. The van der Waals surface area contributed by atoms with E-state index in [9.17, 15) is 4.79 Å². The van der Waals surface area contributed by atoms with Gasteiger partial charge in [-0.15, -0.1) is 47.0 Å². The molecule has 0 aromatic rings. The highest BCUT2D eigenvalue weighted by atomic mass is 32.2. The van der Waals surface area contributed by atoms with Crippen molar-refractivity contribution in [3.63, 3.8) is 0 Å². The van der Waals surface area contributed by atoms with E-state index in [1.165, 1.54) is 23.5 Å². The summed E-state index contributed by atoms with van der Waals surface area (Å²) in [6, 6.07) is 0. The highest BCUT2D eigenvalue weighted by molar-refractivity contribution is 8.48. The third-order valence-corrected chi connectivity index (χ3v) is 11.9. The number of nitrogens with one attached hydrogen (secondary N) is 1. The molecule has 0 bridgehead atoms. The molecule has 0 aliphatic carbocycles. The summed E-state index contributed by atoms with van der Waals surface area (Å²) in [6.07, 6.45) is 0. The number of hydrogen-bond acceptors (Lipinski definition) is 12. The summed E-state index contributed by atoms with van der Waals surface area (Å²) in [4.78, 5) is 11.0. The minimum atomic E-state index is 0. The van der Waals surface area contributed by atoms with Crippen molar-refractivity contribution in [2.24, 2.45) is 0 Å². The standard InChI is InChI=1S/C9H19NS2.C9H18S3.C7H14OS2.C7H14S3.9FH/c2*1-8(2,3)11-7(10)12-9(4,5)6;2*1-5(2)9-7(8)10-6(3)4;;;;;;;;;/h10H,1-6H3;1-6H3;2*5-6H,1-4H3;9*1H. The quantitative estimate of drug-likeness (QED) is 0.127. The van der Waals surface area contributed by atoms with E-state index in [1.54, 1.807) is 70.6 Å². The first kappa shape index (κ1) is 90.7. The lowest BCUT2D eigenvalue weighted by atomic mass is 10.3. The van der Waals surface area contributed by atoms with Crippen LogP contribution in [0.3, 0.4) is 0 Å². The molecule has 336 valence electrons. The maximum Gasteiger partial charge on any atom is 0.246 e. The summed E-state index contributed by atoms with van der Waals surface area (Å²) in [5.41, 5.74) is 0. The lowest BCUT2D eigenvalue weighted by molar-refractivity contribution is 0.276. The number of carbonyl (C=O) groups excluding carboxylic acids is 1. The topological polar surface area (TPSA) is 40.9 Å². The van der Waals surface area contributed by atoms with E-state index >= 15 is 0 Å². The number of rotatable bonds is 4. The highest BCUT2D eigenvalue weighted by Crippen LogP contribution is 2.36. The summed E-state index contributed by atoms with van der Waals surface area (Å²) in [5.74, 6) is 0. The summed E-state index contributed by atoms with van der Waals surface area (Å²) in [7, 11) is 0. The van der Waals surface area contributed by atoms with Gasteiger partial charge in [-0.25, -0.2) is 0 Å². The van der Waals surface area contributed by atoms with E-state index in [4.69, 9.17) is 29.8 Å². The van der Waals surface area contributed by atoms with Gasteiger partial charge in [0.2, 0.25) is 4.45 Å². The van der Waals surface area contributed by atoms with Gasteiger partial charge < -0.3 is 0 Å². The third-order valence-electron chi connectivity index (χ3n) is 2.90. The Labute approximate surface area is 362 Å². The Morgan fingerprint density at radius 2 is 0.585 bits per heavy atom. The number of hydrogen-bond donors (Lipinski definition) is 1. The smallest absolute Gasteiger partial charge is 0.246 e. The van der Waals surface area contributed by atoms with E-state index in [1.807, 2.05) is 27.7 Å². The summed E-state index contributed by atoms with van der Waals surface area (Å²) in [6.45, 7) is 42.7. The van der Waals surface area contributed by atoms with Gasteiger partial charge in [-0.05, 0) is 0 Å². The molecule has 0 atom stereocenters. The zero-order valence-electron chi connectivity index (χ0n) is 35.0. The Balaban J connectivity index is -0.0000000347. The second kappa shape index (κ2) is 44.8. The molecule has 53 heavy (non-hydrogen) atoms. The van der Waals surface area contributed by atoms with Gasteiger partial charge >= 0.3 is 0 Å². The first-order chi connectivity index (χ1) is 19.2. The first-order valence-corrected chi connectivity index (χ1v) is 22.5. The van der Waals surface area contributed by atoms with Crippen LogP contribution in [0, 0.1) is 5.41 Å². The molecule has 0 heterocycles. The normalized spacial score (nSPS) is 10.1. The van der Waals surface area contributed by atoms with Crippen LogP contribution in [0.1, 0.15) is 138 Å². The van der Waals surface area contributed by atoms with Gasteiger partial charge in [0.15, 0.2) is 0 Å². The van der Waals surface area contributed by atoms with Gasteiger partial charge in [0, 0.05) is 40.0 Å².